The first-order valence-corrected chi connectivity index (χ1v) is 5.52. The second-order valence-corrected chi connectivity index (χ2v) is 2.94. The van der Waals surface area contributed by atoms with Crippen LogP contribution in [-0.4, -0.2) is 14.2 Å². The molecule has 0 aliphatic carbocycles. The summed E-state index contributed by atoms with van der Waals surface area (Å²) in [5.41, 5.74) is 1.29. The van der Waals surface area contributed by atoms with Crippen LogP contribution in [0, 0.1) is 0 Å². The highest BCUT2D eigenvalue weighted by molar-refractivity contribution is 5.42. The quantitative estimate of drug-likeness (QED) is 0.754. The van der Waals surface area contributed by atoms with E-state index in [4.69, 9.17) is 9.47 Å². The maximum atomic E-state index is 5.20. The van der Waals surface area contributed by atoms with Gasteiger partial charge in [0.05, 0.1) is 14.2 Å². The second-order valence-electron chi connectivity index (χ2n) is 2.94. The fourth-order valence-corrected chi connectivity index (χ4v) is 1.32. The summed E-state index contributed by atoms with van der Waals surface area (Å²) < 4.78 is 10.3. The van der Waals surface area contributed by atoms with Crippen molar-refractivity contribution in [1.29, 1.82) is 0 Å². The zero-order chi connectivity index (χ0) is 11.7. The Bertz CT molecular complexity index is 269. The molecule has 0 fully saturated rings. The molecule has 0 aromatic heterocycles. The molecule has 0 N–H and O–H groups in total. The van der Waals surface area contributed by atoms with Crippen LogP contribution in [0.4, 0.5) is 0 Å². The minimum Gasteiger partial charge on any atom is -0.493 e. The van der Waals surface area contributed by atoms with Crippen LogP contribution in [0.2, 0.25) is 0 Å². The minimum atomic E-state index is 0.794. The smallest absolute Gasteiger partial charge is 0.160 e. The fourth-order valence-electron chi connectivity index (χ4n) is 1.32. The molecule has 0 radical (unpaired) electrons. The van der Waals surface area contributed by atoms with Crippen molar-refractivity contribution in [3.63, 3.8) is 0 Å². The molecule has 0 aliphatic rings. The molecule has 0 saturated heterocycles. The number of hydrogen-bond donors (Lipinski definition) is 0. The zero-order valence-corrected chi connectivity index (χ0v) is 10.5. The van der Waals surface area contributed by atoms with Crippen molar-refractivity contribution < 1.29 is 9.47 Å². The summed E-state index contributed by atoms with van der Waals surface area (Å²) in [6.45, 7) is 6.16. The van der Waals surface area contributed by atoms with E-state index < -0.39 is 0 Å². The third kappa shape index (κ3) is 4.24. The van der Waals surface area contributed by atoms with E-state index in [-0.39, 0.29) is 0 Å². The van der Waals surface area contributed by atoms with Crippen molar-refractivity contribution in [2.75, 3.05) is 14.2 Å². The molecule has 0 spiro atoms. The number of rotatable bonds is 4. The lowest BCUT2D eigenvalue weighted by molar-refractivity contribution is 0.354. The SMILES string of the molecule is CC.CCCc1ccc(OC)c(OC)c1. The predicted molar refractivity (Wildman–Crippen MR) is 64.9 cm³/mol. The van der Waals surface area contributed by atoms with Gasteiger partial charge in [-0.3, -0.25) is 0 Å². The molecule has 2 nitrogen and oxygen atoms in total. The van der Waals surface area contributed by atoms with Gasteiger partial charge in [0.1, 0.15) is 0 Å². The van der Waals surface area contributed by atoms with Crippen LogP contribution < -0.4 is 9.47 Å². The molecule has 2 heteroatoms. The number of methoxy groups -OCH3 is 2. The van der Waals surface area contributed by atoms with Gasteiger partial charge in [0.25, 0.3) is 0 Å². The van der Waals surface area contributed by atoms with Crippen LogP contribution in [0.15, 0.2) is 18.2 Å². The summed E-state index contributed by atoms with van der Waals surface area (Å²) in [7, 11) is 3.31. The molecule has 0 saturated carbocycles. The Morgan fingerprint density at radius 1 is 1.00 bits per heavy atom. The molecule has 0 unspecified atom stereocenters. The van der Waals surface area contributed by atoms with Gasteiger partial charge in [-0.1, -0.05) is 33.3 Å². The third-order valence-electron chi connectivity index (χ3n) is 1.99. The number of ether oxygens (including phenoxy) is 2. The van der Waals surface area contributed by atoms with Crippen LogP contribution in [0.1, 0.15) is 32.8 Å². The Balaban J connectivity index is 0.000000921. The van der Waals surface area contributed by atoms with Gasteiger partial charge in [0.15, 0.2) is 11.5 Å². The Hall–Kier alpha value is -1.18. The molecule has 1 aromatic rings. The Morgan fingerprint density at radius 2 is 1.60 bits per heavy atom. The van der Waals surface area contributed by atoms with Crippen LogP contribution >= 0.6 is 0 Å². The first kappa shape index (κ1) is 13.8. The Kier molecular flexibility index (Phi) is 7.51. The molecule has 15 heavy (non-hydrogen) atoms. The average molecular weight is 210 g/mol. The highest BCUT2D eigenvalue weighted by Gasteiger charge is 2.03. The molecule has 1 aromatic carbocycles. The predicted octanol–water partition coefficient (Wildman–Crippen LogP) is 3.68. The van der Waals surface area contributed by atoms with E-state index in [1.807, 2.05) is 26.0 Å². The Morgan fingerprint density at radius 3 is 2.07 bits per heavy atom. The lowest BCUT2D eigenvalue weighted by Crippen LogP contribution is -1.92. The second kappa shape index (κ2) is 8.16. The summed E-state index contributed by atoms with van der Waals surface area (Å²) in [5, 5.41) is 0. The van der Waals surface area contributed by atoms with Crippen molar-refractivity contribution in [2.24, 2.45) is 0 Å². The molecule has 1 rings (SSSR count). The Labute approximate surface area is 93.2 Å². The van der Waals surface area contributed by atoms with Crippen LogP contribution in [0.3, 0.4) is 0 Å². The molecule has 0 amide bonds. The summed E-state index contributed by atoms with van der Waals surface area (Å²) in [6, 6.07) is 6.05. The summed E-state index contributed by atoms with van der Waals surface area (Å²) in [6.07, 6.45) is 2.23. The zero-order valence-electron chi connectivity index (χ0n) is 10.5. The van der Waals surface area contributed by atoms with E-state index in [9.17, 15) is 0 Å². The highest BCUT2D eigenvalue weighted by atomic mass is 16.5. The number of benzene rings is 1. The van der Waals surface area contributed by atoms with Gasteiger partial charge in [-0.2, -0.15) is 0 Å². The molecule has 0 heterocycles. The lowest BCUT2D eigenvalue weighted by Gasteiger charge is -2.08. The summed E-state index contributed by atoms with van der Waals surface area (Å²) >= 11 is 0. The normalized spacial score (nSPS) is 8.87. The first-order valence-electron chi connectivity index (χ1n) is 5.52. The van der Waals surface area contributed by atoms with Gasteiger partial charge in [-0.05, 0) is 24.1 Å². The average Bonchev–Trinajstić information content (AvgIpc) is 2.32. The van der Waals surface area contributed by atoms with Crippen LogP contribution in [0.5, 0.6) is 11.5 Å². The van der Waals surface area contributed by atoms with Crippen molar-refractivity contribution in [3.05, 3.63) is 23.8 Å². The molecular weight excluding hydrogens is 188 g/mol. The van der Waals surface area contributed by atoms with Gasteiger partial charge in [-0.15, -0.1) is 0 Å². The molecule has 0 atom stereocenters. The van der Waals surface area contributed by atoms with Gasteiger partial charge in [0, 0.05) is 0 Å². The molecular formula is C13H22O2. The van der Waals surface area contributed by atoms with E-state index in [0.29, 0.717) is 0 Å². The number of aryl methyl sites for hydroxylation is 1. The van der Waals surface area contributed by atoms with Crippen molar-refractivity contribution in [3.8, 4) is 11.5 Å². The third-order valence-corrected chi connectivity index (χ3v) is 1.99. The van der Waals surface area contributed by atoms with E-state index >= 15 is 0 Å². The van der Waals surface area contributed by atoms with Crippen molar-refractivity contribution in [1.82, 2.24) is 0 Å². The van der Waals surface area contributed by atoms with Crippen LogP contribution in [0.25, 0.3) is 0 Å². The van der Waals surface area contributed by atoms with Crippen molar-refractivity contribution in [2.45, 2.75) is 33.6 Å². The number of hydrogen-bond acceptors (Lipinski definition) is 2. The standard InChI is InChI=1S/C11H16O2.C2H6/c1-4-5-9-6-7-10(12-2)11(8-9)13-3;1-2/h6-8H,4-5H2,1-3H3;1-2H3. The maximum absolute atomic E-state index is 5.20. The summed E-state index contributed by atoms with van der Waals surface area (Å²) in [4.78, 5) is 0. The van der Waals surface area contributed by atoms with Gasteiger partial charge < -0.3 is 9.47 Å². The lowest BCUT2D eigenvalue weighted by atomic mass is 10.1. The monoisotopic (exact) mass is 210 g/mol. The molecule has 0 aliphatic heterocycles. The van der Waals surface area contributed by atoms with Gasteiger partial charge in [-0.25, -0.2) is 0 Å². The summed E-state index contributed by atoms with van der Waals surface area (Å²) in [5.74, 6) is 1.61. The van der Waals surface area contributed by atoms with Crippen LogP contribution in [-0.2, 0) is 6.42 Å². The maximum Gasteiger partial charge on any atom is 0.160 e. The topological polar surface area (TPSA) is 18.5 Å². The van der Waals surface area contributed by atoms with E-state index in [2.05, 4.69) is 13.0 Å². The van der Waals surface area contributed by atoms with Gasteiger partial charge >= 0.3 is 0 Å². The first-order chi connectivity index (χ1) is 7.31. The van der Waals surface area contributed by atoms with E-state index in [0.717, 1.165) is 24.3 Å². The molecule has 0 bridgehead atoms. The van der Waals surface area contributed by atoms with Gasteiger partial charge in [0.2, 0.25) is 0 Å². The minimum absolute atomic E-state index is 0.794. The largest absolute Gasteiger partial charge is 0.493 e. The highest BCUT2D eigenvalue weighted by Crippen LogP contribution is 2.27. The van der Waals surface area contributed by atoms with E-state index in [1.165, 1.54) is 5.56 Å². The van der Waals surface area contributed by atoms with Crippen molar-refractivity contribution >= 4 is 0 Å². The van der Waals surface area contributed by atoms with E-state index in [1.54, 1.807) is 14.2 Å². The molecule has 86 valence electrons. The fraction of sp³-hybridized carbons (Fsp3) is 0.538.